The number of pyridine rings is 1. The van der Waals surface area contributed by atoms with Crippen LogP contribution in [-0.2, 0) is 11.4 Å². The molecule has 0 atom stereocenters. The van der Waals surface area contributed by atoms with Gasteiger partial charge in [0, 0.05) is 54.8 Å². The van der Waals surface area contributed by atoms with E-state index in [1.54, 1.807) is 6.20 Å². The molecule has 6 rings (SSSR count). The van der Waals surface area contributed by atoms with Crippen LogP contribution in [0.2, 0.25) is 0 Å². The van der Waals surface area contributed by atoms with Crippen LogP contribution in [0.5, 0.6) is 5.75 Å². The minimum Gasteiger partial charge on any atom is -0.487 e. The topological polar surface area (TPSA) is 98.1 Å². The first kappa shape index (κ1) is 24.7. The number of nitriles is 1. The van der Waals surface area contributed by atoms with Crippen molar-refractivity contribution < 1.29 is 9.53 Å². The second-order valence-electron chi connectivity index (χ2n) is 10.6. The number of nitrogens with one attached hydrogen (secondary N) is 1. The van der Waals surface area contributed by atoms with E-state index in [2.05, 4.69) is 39.7 Å². The Bertz CT molecular complexity index is 1600. The van der Waals surface area contributed by atoms with Gasteiger partial charge in [-0.15, -0.1) is 0 Å². The number of hydrogen-bond donors (Lipinski definition) is 1. The highest BCUT2D eigenvalue weighted by atomic mass is 16.5. The van der Waals surface area contributed by atoms with E-state index >= 15 is 0 Å². The third-order valence-electron chi connectivity index (χ3n) is 7.96. The number of anilines is 1. The van der Waals surface area contributed by atoms with Crippen molar-refractivity contribution in [1.29, 1.82) is 5.26 Å². The molecule has 0 radical (unpaired) electrons. The number of carbonyl (C=O) groups is 1. The number of H-pyrrole nitrogens is 1. The monoisotopic (exact) mass is 518 g/mol. The number of carbonyl (C=O) groups excluding carboxylic acids is 1. The summed E-state index contributed by atoms with van der Waals surface area (Å²) in [7, 11) is 0. The number of amides is 1. The highest BCUT2D eigenvalue weighted by Gasteiger charge is 2.47. The summed E-state index contributed by atoms with van der Waals surface area (Å²) in [5.74, 6) is 0.660. The molecule has 0 saturated carbocycles. The average Bonchev–Trinajstić information content (AvgIpc) is 3.43. The molecular formula is C31H30N6O2. The number of nitrogens with zero attached hydrogens (tertiary/aromatic N) is 5. The zero-order valence-corrected chi connectivity index (χ0v) is 22.0. The maximum atomic E-state index is 12.1. The minimum atomic E-state index is -0.0219. The van der Waals surface area contributed by atoms with Crippen LogP contribution in [0.3, 0.4) is 0 Å². The van der Waals surface area contributed by atoms with Gasteiger partial charge in [0.1, 0.15) is 18.4 Å². The Balaban J connectivity index is 1.43. The maximum absolute atomic E-state index is 12.1. The highest BCUT2D eigenvalue weighted by molar-refractivity contribution is 5.99. The first-order chi connectivity index (χ1) is 19.0. The molecule has 1 N–H and O–H groups in total. The number of piperidine rings is 1. The highest BCUT2D eigenvalue weighted by Crippen LogP contribution is 2.44. The van der Waals surface area contributed by atoms with E-state index in [-0.39, 0.29) is 11.3 Å². The van der Waals surface area contributed by atoms with Crippen molar-refractivity contribution in [2.24, 2.45) is 5.41 Å². The summed E-state index contributed by atoms with van der Waals surface area (Å²) in [5.41, 5.74) is 6.10. The summed E-state index contributed by atoms with van der Waals surface area (Å²) in [6.45, 7) is 9.05. The summed E-state index contributed by atoms with van der Waals surface area (Å²) in [6.07, 6.45) is 7.00. The molecule has 2 saturated heterocycles. The zero-order valence-electron chi connectivity index (χ0n) is 22.0. The first-order valence-corrected chi connectivity index (χ1v) is 13.2. The molecule has 196 valence electrons. The predicted molar refractivity (Wildman–Crippen MR) is 150 cm³/mol. The first-order valence-electron chi connectivity index (χ1n) is 13.2. The maximum Gasteiger partial charge on any atom is 0.245 e. The van der Waals surface area contributed by atoms with E-state index in [1.807, 2.05) is 53.6 Å². The fourth-order valence-electron chi connectivity index (χ4n) is 6.09. The lowest BCUT2D eigenvalue weighted by molar-refractivity contribution is -0.138. The molecule has 4 heterocycles. The molecule has 2 fully saturated rings. The molecule has 8 nitrogen and oxygen atoms in total. The third kappa shape index (κ3) is 4.50. The molecule has 0 unspecified atom stereocenters. The van der Waals surface area contributed by atoms with E-state index in [4.69, 9.17) is 4.74 Å². The molecule has 0 aliphatic carbocycles. The van der Waals surface area contributed by atoms with Crippen LogP contribution in [0.4, 0.5) is 5.69 Å². The number of likely N-dealkylation sites (tertiary alicyclic amines) is 1. The minimum absolute atomic E-state index is 0.0219. The fourth-order valence-corrected chi connectivity index (χ4v) is 6.09. The van der Waals surface area contributed by atoms with E-state index in [0.717, 1.165) is 64.9 Å². The number of ether oxygens (including phenoxy) is 1. The van der Waals surface area contributed by atoms with Crippen LogP contribution in [0, 0.1) is 23.7 Å². The number of aryl methyl sites for hydroxylation is 1. The average molecular weight is 519 g/mol. The van der Waals surface area contributed by atoms with Gasteiger partial charge in [-0.2, -0.15) is 10.4 Å². The summed E-state index contributed by atoms with van der Waals surface area (Å²) in [4.78, 5) is 20.7. The summed E-state index contributed by atoms with van der Waals surface area (Å²) < 4.78 is 6.29. The van der Waals surface area contributed by atoms with E-state index in [1.165, 1.54) is 6.08 Å². The third-order valence-corrected chi connectivity index (χ3v) is 7.96. The van der Waals surface area contributed by atoms with Crippen LogP contribution >= 0.6 is 0 Å². The van der Waals surface area contributed by atoms with Gasteiger partial charge in [-0.05, 0) is 61.2 Å². The summed E-state index contributed by atoms with van der Waals surface area (Å²) >= 11 is 0. The van der Waals surface area contributed by atoms with Crippen molar-refractivity contribution in [3.8, 4) is 22.9 Å². The number of fused-ring (bicyclic) bond motifs is 1. The van der Waals surface area contributed by atoms with Crippen molar-refractivity contribution in [3.63, 3.8) is 0 Å². The second-order valence-corrected chi connectivity index (χ2v) is 10.6. The van der Waals surface area contributed by atoms with Crippen LogP contribution < -0.4 is 9.64 Å². The molecule has 1 spiro atoms. The van der Waals surface area contributed by atoms with Gasteiger partial charge in [0.15, 0.2) is 0 Å². The fraction of sp³-hybridized carbons (Fsp3) is 0.290. The predicted octanol–water partition coefficient (Wildman–Crippen LogP) is 5.00. The molecule has 2 aliphatic heterocycles. The van der Waals surface area contributed by atoms with Crippen molar-refractivity contribution in [2.75, 3.05) is 31.1 Å². The van der Waals surface area contributed by atoms with Crippen LogP contribution in [0.25, 0.3) is 22.0 Å². The van der Waals surface area contributed by atoms with Gasteiger partial charge in [-0.1, -0.05) is 18.7 Å². The van der Waals surface area contributed by atoms with E-state index in [9.17, 15) is 10.1 Å². The number of benzene rings is 2. The van der Waals surface area contributed by atoms with Gasteiger partial charge in [0.05, 0.1) is 28.7 Å². The quantitative estimate of drug-likeness (QED) is 0.361. The molecule has 2 aromatic carbocycles. The van der Waals surface area contributed by atoms with Crippen LogP contribution in [0.1, 0.15) is 29.7 Å². The smallest absolute Gasteiger partial charge is 0.245 e. The normalized spacial score (nSPS) is 16.1. The van der Waals surface area contributed by atoms with Gasteiger partial charge in [0.25, 0.3) is 0 Å². The van der Waals surface area contributed by atoms with Gasteiger partial charge in [0.2, 0.25) is 5.91 Å². The lowest BCUT2D eigenvalue weighted by Gasteiger charge is -2.55. The van der Waals surface area contributed by atoms with Crippen LogP contribution in [-0.4, -0.2) is 52.2 Å². The Morgan fingerprint density at radius 1 is 1.26 bits per heavy atom. The zero-order chi connectivity index (χ0) is 27.0. The molecule has 39 heavy (non-hydrogen) atoms. The molecule has 8 heteroatoms. The largest absolute Gasteiger partial charge is 0.487 e. The Morgan fingerprint density at radius 2 is 2.13 bits per heavy atom. The molecular weight excluding hydrogens is 488 g/mol. The van der Waals surface area contributed by atoms with Crippen molar-refractivity contribution in [2.45, 2.75) is 26.4 Å². The molecule has 1 amide bonds. The van der Waals surface area contributed by atoms with Crippen molar-refractivity contribution >= 4 is 22.5 Å². The molecule has 4 aromatic rings. The molecule has 2 aliphatic rings. The van der Waals surface area contributed by atoms with Crippen LogP contribution in [0.15, 0.2) is 67.5 Å². The number of hydrogen-bond acceptors (Lipinski definition) is 6. The summed E-state index contributed by atoms with van der Waals surface area (Å²) in [6, 6.07) is 16.3. The van der Waals surface area contributed by atoms with Crippen molar-refractivity contribution in [3.05, 3.63) is 84.3 Å². The van der Waals surface area contributed by atoms with Gasteiger partial charge >= 0.3 is 0 Å². The Labute approximate surface area is 227 Å². The Kier molecular flexibility index (Phi) is 6.27. The summed E-state index contributed by atoms with van der Waals surface area (Å²) in [5, 5.41) is 18.8. The van der Waals surface area contributed by atoms with E-state index < -0.39 is 0 Å². The van der Waals surface area contributed by atoms with Crippen molar-refractivity contribution in [1.82, 2.24) is 20.1 Å². The SMILES string of the molecule is C=CC(=O)N1CC2(CCCN(c3cc(OCc4ccccn4)cc(-c4c(C)ccc5[nH]ncc45)c3C#N)C2)C1. The number of rotatable bonds is 6. The second kappa shape index (κ2) is 9.91. The Morgan fingerprint density at radius 3 is 2.90 bits per heavy atom. The molecule has 2 aromatic heterocycles. The lowest BCUT2D eigenvalue weighted by atomic mass is 9.73. The van der Waals surface area contributed by atoms with E-state index in [0.29, 0.717) is 31.0 Å². The van der Waals surface area contributed by atoms with Gasteiger partial charge in [-0.25, -0.2) is 0 Å². The van der Waals surface area contributed by atoms with Gasteiger partial charge in [-0.3, -0.25) is 14.9 Å². The van der Waals surface area contributed by atoms with Gasteiger partial charge < -0.3 is 14.5 Å². The Hall–Kier alpha value is -4.64. The number of aromatic amines is 1. The standard InChI is InChI=1S/C31H30N6O2/c1-3-29(38)37-19-31(20-37)10-6-12-36(18-31)28-14-23(39-17-22-7-4-5-11-33-22)13-24(25(28)15-32)30-21(2)8-9-27-26(30)16-34-35-27/h3-5,7-9,11,13-14,16H,1,6,10,12,17-20H2,2H3,(H,34,35). The lowest BCUT2D eigenvalue weighted by Crippen LogP contribution is -2.64. The molecule has 0 bridgehead atoms. The number of aromatic nitrogens is 3.